The largest absolute Gasteiger partial charge is 0.504 e. The monoisotopic (exact) mass is 646 g/mol. The molecular weight excluding hydrogens is 592 g/mol. The van der Waals surface area contributed by atoms with Gasteiger partial charge in [0.1, 0.15) is 0 Å². The molecule has 0 unspecified atom stereocenters. The van der Waals surface area contributed by atoms with Crippen LogP contribution in [-0.2, 0) is 11.3 Å². The Hall–Kier alpha value is -4.11. The quantitative estimate of drug-likeness (QED) is 0.0794. The lowest BCUT2D eigenvalue weighted by Crippen LogP contribution is -2.34. The van der Waals surface area contributed by atoms with Crippen molar-refractivity contribution in [1.82, 2.24) is 20.5 Å². The number of fused-ring (bicyclic) bond motifs is 1. The maximum absolute atomic E-state index is 13.1. The summed E-state index contributed by atoms with van der Waals surface area (Å²) in [5, 5.41) is 17.1. The first-order valence-electron chi connectivity index (χ1n) is 17.2. The molecule has 3 rings (SSSR count). The topological polar surface area (TPSA) is 113 Å². The molecule has 0 aliphatic heterocycles. The molecule has 0 aliphatic rings. The number of nitrogens with one attached hydrogen (secondary N) is 2. The van der Waals surface area contributed by atoms with Crippen molar-refractivity contribution in [3.63, 3.8) is 0 Å². The fraction of sp³-hybridized carbons (Fsp3) is 0.500. The first kappa shape index (κ1) is 37.3. The Bertz CT molecular complexity index is 1420. The third-order valence-electron chi connectivity index (χ3n) is 7.90. The average molecular weight is 647 g/mol. The highest BCUT2D eigenvalue weighted by molar-refractivity contribution is 6.06. The molecule has 2 amide bonds. The molecule has 47 heavy (non-hydrogen) atoms. The summed E-state index contributed by atoms with van der Waals surface area (Å²) in [5.41, 5.74) is 2.16. The predicted octanol–water partition coefficient (Wildman–Crippen LogP) is 7.03. The van der Waals surface area contributed by atoms with Crippen molar-refractivity contribution in [2.45, 2.75) is 79.2 Å². The van der Waals surface area contributed by atoms with Gasteiger partial charge in [-0.05, 0) is 81.3 Å². The van der Waals surface area contributed by atoms with Crippen LogP contribution >= 0.6 is 0 Å². The minimum atomic E-state index is -0.131. The minimum Gasteiger partial charge on any atom is -0.504 e. The number of phenolic OH excluding ortho intramolecular Hbond substituents is 1. The van der Waals surface area contributed by atoms with Gasteiger partial charge in [0, 0.05) is 37.5 Å². The Balaban J connectivity index is 1.38. The number of benzene rings is 2. The summed E-state index contributed by atoms with van der Waals surface area (Å²) in [6, 6.07) is 14.5. The van der Waals surface area contributed by atoms with E-state index in [1.54, 1.807) is 24.3 Å². The van der Waals surface area contributed by atoms with Crippen LogP contribution in [0.3, 0.4) is 0 Å². The second kappa shape index (κ2) is 20.9. The third kappa shape index (κ3) is 13.6. The number of nitrogens with zero attached hydrogens (tertiary/aromatic N) is 2. The van der Waals surface area contributed by atoms with Crippen LogP contribution in [0, 0.1) is 5.92 Å². The lowest BCUT2D eigenvalue weighted by Gasteiger charge is -2.18. The van der Waals surface area contributed by atoms with E-state index in [9.17, 15) is 14.7 Å². The van der Waals surface area contributed by atoms with E-state index in [4.69, 9.17) is 9.47 Å². The van der Waals surface area contributed by atoms with Crippen LogP contribution in [0.15, 0.2) is 60.7 Å². The van der Waals surface area contributed by atoms with Crippen molar-refractivity contribution in [2.24, 2.45) is 5.92 Å². The number of hydrogen-bond donors (Lipinski definition) is 3. The zero-order valence-electron chi connectivity index (χ0n) is 28.7. The first-order valence-corrected chi connectivity index (χ1v) is 17.2. The maximum Gasteiger partial charge on any atom is 0.252 e. The molecule has 9 heteroatoms. The number of carbonyl (C=O) groups excluding carboxylic acids is 2. The van der Waals surface area contributed by atoms with E-state index in [0.717, 1.165) is 74.6 Å². The van der Waals surface area contributed by atoms with E-state index in [0.29, 0.717) is 55.8 Å². The smallest absolute Gasteiger partial charge is 0.252 e. The number of unbranched alkanes of at least 4 members (excludes halogenated alkanes) is 4. The summed E-state index contributed by atoms with van der Waals surface area (Å²) in [6.45, 7) is 13.1. The van der Waals surface area contributed by atoms with E-state index < -0.39 is 0 Å². The summed E-state index contributed by atoms with van der Waals surface area (Å²) < 4.78 is 11.8. The van der Waals surface area contributed by atoms with Gasteiger partial charge in [0.25, 0.3) is 5.91 Å². The average Bonchev–Trinajstić information content (AvgIpc) is 3.07. The van der Waals surface area contributed by atoms with Crippen molar-refractivity contribution in [2.75, 3.05) is 39.4 Å². The standard InChI is InChI=1S/C38H54N4O5/c1-5-42(6-2)23-22-39-38(45)32-27-37(41-33-18-13-12-17-31(32)33)47-25-15-9-14-24-46-35-26-30(20-21-34(35)43)28-40-36(44)19-11-8-7-10-16-29(3)4/h10,12-13,16-18,20-21,26-27,29,43H,5-9,11,14-15,19,22-25,28H2,1-4H3,(H,39,45)(H,40,44)/b16-10+. The molecule has 0 atom stereocenters. The molecule has 0 saturated carbocycles. The van der Waals surface area contributed by atoms with E-state index in [1.807, 2.05) is 24.3 Å². The van der Waals surface area contributed by atoms with Crippen molar-refractivity contribution in [1.29, 1.82) is 0 Å². The fourth-order valence-electron chi connectivity index (χ4n) is 5.10. The summed E-state index contributed by atoms with van der Waals surface area (Å²) in [7, 11) is 0. The number of phenols is 1. The van der Waals surface area contributed by atoms with Crippen LogP contribution in [-0.4, -0.2) is 66.2 Å². The van der Waals surface area contributed by atoms with Crippen LogP contribution in [0.1, 0.15) is 88.6 Å². The number of allylic oxidation sites excluding steroid dienone is 2. The number of ether oxygens (including phenoxy) is 2. The Morgan fingerprint density at radius 1 is 0.936 bits per heavy atom. The van der Waals surface area contributed by atoms with Gasteiger partial charge in [0.15, 0.2) is 11.5 Å². The summed E-state index contributed by atoms with van der Waals surface area (Å²) in [4.78, 5) is 32.2. The van der Waals surface area contributed by atoms with Crippen LogP contribution in [0.2, 0.25) is 0 Å². The summed E-state index contributed by atoms with van der Waals surface area (Å²) >= 11 is 0. The Kier molecular flexibility index (Phi) is 16.6. The molecule has 1 aromatic heterocycles. The molecule has 0 radical (unpaired) electrons. The zero-order chi connectivity index (χ0) is 33.9. The predicted molar refractivity (Wildman–Crippen MR) is 189 cm³/mol. The molecule has 256 valence electrons. The number of para-hydroxylation sites is 1. The van der Waals surface area contributed by atoms with Crippen molar-refractivity contribution in [3.05, 3.63) is 71.8 Å². The molecule has 0 fully saturated rings. The lowest BCUT2D eigenvalue weighted by molar-refractivity contribution is -0.121. The van der Waals surface area contributed by atoms with Gasteiger partial charge < -0.3 is 30.1 Å². The lowest BCUT2D eigenvalue weighted by atomic mass is 10.1. The molecule has 9 nitrogen and oxygen atoms in total. The molecule has 0 aliphatic carbocycles. The molecule has 1 heterocycles. The van der Waals surface area contributed by atoms with Gasteiger partial charge in [0.2, 0.25) is 11.8 Å². The highest BCUT2D eigenvalue weighted by Gasteiger charge is 2.14. The third-order valence-corrected chi connectivity index (χ3v) is 7.90. The number of pyridine rings is 1. The van der Waals surface area contributed by atoms with Crippen molar-refractivity contribution in [3.8, 4) is 17.4 Å². The Morgan fingerprint density at radius 2 is 1.70 bits per heavy atom. The molecule has 0 saturated heterocycles. The van der Waals surface area contributed by atoms with Gasteiger partial charge in [-0.2, -0.15) is 0 Å². The van der Waals surface area contributed by atoms with Gasteiger partial charge in [-0.3, -0.25) is 9.59 Å². The summed E-state index contributed by atoms with van der Waals surface area (Å²) in [5.74, 6) is 1.37. The molecule has 0 bridgehead atoms. The highest BCUT2D eigenvalue weighted by Crippen LogP contribution is 2.27. The van der Waals surface area contributed by atoms with Gasteiger partial charge >= 0.3 is 0 Å². The second-order valence-corrected chi connectivity index (χ2v) is 12.1. The number of likely N-dealkylation sites (N-methyl/N-ethyl adjacent to an activating group) is 1. The molecule has 2 aromatic carbocycles. The van der Waals surface area contributed by atoms with Gasteiger partial charge in [-0.25, -0.2) is 4.98 Å². The number of carbonyl (C=O) groups is 2. The molecule has 3 aromatic rings. The number of aromatic nitrogens is 1. The minimum absolute atomic E-state index is 0.0276. The molecule has 0 spiro atoms. The number of aromatic hydroxyl groups is 1. The van der Waals surface area contributed by atoms with Crippen LogP contribution in [0.5, 0.6) is 17.4 Å². The van der Waals surface area contributed by atoms with Gasteiger partial charge in [-0.1, -0.05) is 64.1 Å². The van der Waals surface area contributed by atoms with Gasteiger partial charge in [0.05, 0.1) is 24.3 Å². The summed E-state index contributed by atoms with van der Waals surface area (Å²) in [6.07, 6.45) is 10.2. The van der Waals surface area contributed by atoms with Gasteiger partial charge in [-0.15, -0.1) is 0 Å². The van der Waals surface area contributed by atoms with Crippen LogP contribution in [0.4, 0.5) is 0 Å². The van der Waals surface area contributed by atoms with Crippen molar-refractivity contribution >= 4 is 22.7 Å². The second-order valence-electron chi connectivity index (χ2n) is 12.1. The maximum atomic E-state index is 13.1. The van der Waals surface area contributed by atoms with E-state index in [-0.39, 0.29) is 17.6 Å². The van der Waals surface area contributed by atoms with Crippen molar-refractivity contribution < 1.29 is 24.2 Å². The zero-order valence-corrected chi connectivity index (χ0v) is 28.7. The number of hydrogen-bond acceptors (Lipinski definition) is 7. The SMILES string of the molecule is CCN(CC)CCNC(=O)c1cc(OCCCCCOc2cc(CNC(=O)CCCC/C=C/C(C)C)ccc2O)nc2ccccc12. The van der Waals surface area contributed by atoms with E-state index in [2.05, 4.69) is 60.4 Å². The molecular formula is C38H54N4O5. The fourth-order valence-corrected chi connectivity index (χ4v) is 5.10. The van der Waals surface area contributed by atoms with E-state index >= 15 is 0 Å². The van der Waals surface area contributed by atoms with Crippen LogP contribution < -0.4 is 20.1 Å². The number of rotatable bonds is 22. The van der Waals surface area contributed by atoms with E-state index in [1.165, 1.54) is 0 Å². The Morgan fingerprint density at radius 3 is 2.47 bits per heavy atom. The Labute approximate surface area is 280 Å². The molecule has 3 N–H and O–H groups in total. The number of amides is 2. The normalized spacial score (nSPS) is 11.4. The first-order chi connectivity index (χ1) is 22.8. The van der Waals surface area contributed by atoms with Crippen LogP contribution in [0.25, 0.3) is 10.9 Å². The highest BCUT2D eigenvalue weighted by atomic mass is 16.5.